The largest absolute Gasteiger partial charge is 0.454 e. The Morgan fingerprint density at radius 2 is 2.11 bits per heavy atom. The molecule has 28 heavy (non-hydrogen) atoms. The summed E-state index contributed by atoms with van der Waals surface area (Å²) in [6.45, 7) is 5.44. The van der Waals surface area contributed by atoms with Crippen LogP contribution in [-0.2, 0) is 20.9 Å². The van der Waals surface area contributed by atoms with Crippen molar-refractivity contribution in [3.8, 4) is 11.4 Å². The number of para-hydroxylation sites is 1. The van der Waals surface area contributed by atoms with Gasteiger partial charge in [0.05, 0.1) is 0 Å². The lowest BCUT2D eigenvalue weighted by Gasteiger charge is -2.16. The average molecular weight is 399 g/mol. The maximum Gasteiger partial charge on any atom is 0.330 e. The molecule has 0 saturated heterocycles. The number of rotatable bonds is 7. The molecule has 1 aromatic carbocycles. The summed E-state index contributed by atoms with van der Waals surface area (Å²) in [4.78, 5) is 25.3. The van der Waals surface area contributed by atoms with E-state index in [2.05, 4.69) is 34.6 Å². The van der Waals surface area contributed by atoms with Gasteiger partial charge in [-0.1, -0.05) is 32.0 Å². The minimum atomic E-state index is -0.613. The van der Waals surface area contributed by atoms with Crippen molar-refractivity contribution in [2.24, 2.45) is 0 Å². The number of esters is 1. The number of nitrogens with zero attached hydrogens (tertiary/aromatic N) is 4. The van der Waals surface area contributed by atoms with E-state index < -0.39 is 11.9 Å². The Kier molecular flexibility index (Phi) is 6.15. The topological polar surface area (TPSA) is 99.0 Å². The van der Waals surface area contributed by atoms with E-state index in [0.717, 1.165) is 27.2 Å². The number of carbonyl (C=O) groups excluding carboxylic acids is 2. The van der Waals surface area contributed by atoms with Crippen LogP contribution in [0, 0.1) is 6.92 Å². The fourth-order valence-electron chi connectivity index (χ4n) is 2.64. The first-order chi connectivity index (χ1) is 13.4. The van der Waals surface area contributed by atoms with Crippen LogP contribution < -0.4 is 5.32 Å². The summed E-state index contributed by atoms with van der Waals surface area (Å²) >= 11 is 1.52. The number of amides is 1. The fraction of sp³-hybridized carbons (Fsp3) is 0.316. The molecule has 9 heteroatoms. The molecule has 0 spiro atoms. The molecule has 0 fully saturated rings. The maximum atomic E-state index is 12.2. The van der Waals surface area contributed by atoms with Crippen LogP contribution in [0.3, 0.4) is 0 Å². The zero-order valence-electron chi connectivity index (χ0n) is 15.9. The van der Waals surface area contributed by atoms with Crippen molar-refractivity contribution in [3.63, 3.8) is 0 Å². The number of aromatic nitrogens is 4. The quantitative estimate of drug-likeness (QED) is 0.613. The second kappa shape index (κ2) is 8.75. The van der Waals surface area contributed by atoms with E-state index in [1.807, 2.05) is 41.9 Å². The van der Waals surface area contributed by atoms with Gasteiger partial charge >= 0.3 is 5.97 Å². The van der Waals surface area contributed by atoms with Crippen molar-refractivity contribution in [3.05, 3.63) is 46.2 Å². The summed E-state index contributed by atoms with van der Waals surface area (Å²) < 4.78 is 5.04. The molecule has 3 aromatic rings. The monoisotopic (exact) mass is 399 g/mol. The van der Waals surface area contributed by atoms with Crippen molar-refractivity contribution in [2.75, 3.05) is 11.9 Å². The number of tetrazole rings is 1. The van der Waals surface area contributed by atoms with Gasteiger partial charge in [0, 0.05) is 16.6 Å². The summed E-state index contributed by atoms with van der Waals surface area (Å²) in [5.41, 5.74) is 3.59. The van der Waals surface area contributed by atoms with E-state index in [-0.39, 0.29) is 19.1 Å². The van der Waals surface area contributed by atoms with E-state index >= 15 is 0 Å². The number of anilines is 1. The zero-order valence-corrected chi connectivity index (χ0v) is 16.7. The van der Waals surface area contributed by atoms with E-state index in [4.69, 9.17) is 4.74 Å². The van der Waals surface area contributed by atoms with Gasteiger partial charge in [-0.25, -0.2) is 4.79 Å². The van der Waals surface area contributed by atoms with Gasteiger partial charge in [0.1, 0.15) is 0 Å². The van der Waals surface area contributed by atoms with Crippen molar-refractivity contribution in [2.45, 2.75) is 33.2 Å². The Balaban J connectivity index is 1.53. The molecule has 1 amide bonds. The minimum Gasteiger partial charge on any atom is -0.454 e. The number of hydrogen-bond acceptors (Lipinski definition) is 7. The SMILES string of the molecule is Cc1cccc(C(C)C)c1NC(=O)COC(=O)Cn1nnc(-c2ccsc2)n1. The highest BCUT2D eigenvalue weighted by Crippen LogP contribution is 2.27. The van der Waals surface area contributed by atoms with Gasteiger partial charge < -0.3 is 10.1 Å². The average Bonchev–Trinajstić information content (AvgIpc) is 3.33. The van der Waals surface area contributed by atoms with Crippen LogP contribution in [0.5, 0.6) is 0 Å². The molecule has 0 saturated carbocycles. The van der Waals surface area contributed by atoms with E-state index in [9.17, 15) is 9.59 Å². The molecule has 0 atom stereocenters. The first-order valence-corrected chi connectivity index (χ1v) is 9.73. The number of thiophene rings is 1. The molecule has 3 rings (SSSR count). The zero-order chi connectivity index (χ0) is 20.1. The number of benzene rings is 1. The van der Waals surface area contributed by atoms with E-state index in [1.165, 1.54) is 11.3 Å². The van der Waals surface area contributed by atoms with Crippen molar-refractivity contribution < 1.29 is 14.3 Å². The van der Waals surface area contributed by atoms with Crippen LogP contribution in [0.2, 0.25) is 0 Å². The van der Waals surface area contributed by atoms with Crippen LogP contribution in [0.25, 0.3) is 11.4 Å². The van der Waals surface area contributed by atoms with Gasteiger partial charge in [-0.05, 0) is 40.6 Å². The predicted octanol–water partition coefficient (Wildman–Crippen LogP) is 3.02. The lowest BCUT2D eigenvalue weighted by molar-refractivity contribution is -0.148. The number of nitrogens with one attached hydrogen (secondary N) is 1. The first-order valence-electron chi connectivity index (χ1n) is 8.79. The van der Waals surface area contributed by atoms with Gasteiger partial charge in [-0.15, -0.1) is 10.2 Å². The lowest BCUT2D eigenvalue weighted by atomic mass is 9.98. The Morgan fingerprint density at radius 1 is 1.29 bits per heavy atom. The second-order valence-corrected chi connectivity index (χ2v) is 7.34. The number of aryl methyl sites for hydroxylation is 1. The Hall–Kier alpha value is -3.07. The van der Waals surface area contributed by atoms with Gasteiger partial charge in [0.15, 0.2) is 13.2 Å². The molecule has 0 aliphatic rings. The molecule has 0 bridgehead atoms. The molecule has 146 valence electrons. The van der Waals surface area contributed by atoms with Crippen molar-refractivity contribution in [1.82, 2.24) is 20.2 Å². The van der Waals surface area contributed by atoms with Crippen molar-refractivity contribution >= 4 is 28.9 Å². The molecule has 0 aliphatic carbocycles. The third-order valence-corrected chi connectivity index (χ3v) is 4.74. The third kappa shape index (κ3) is 4.80. The molecule has 8 nitrogen and oxygen atoms in total. The van der Waals surface area contributed by atoms with E-state index in [1.54, 1.807) is 0 Å². The number of hydrogen-bond donors (Lipinski definition) is 1. The first kappa shape index (κ1) is 19.7. The third-order valence-electron chi connectivity index (χ3n) is 4.06. The van der Waals surface area contributed by atoms with Crippen LogP contribution in [0.1, 0.15) is 30.9 Å². The van der Waals surface area contributed by atoms with Crippen molar-refractivity contribution in [1.29, 1.82) is 0 Å². The van der Waals surface area contributed by atoms with Gasteiger partial charge in [-0.3, -0.25) is 4.79 Å². The summed E-state index contributed by atoms with van der Waals surface area (Å²) in [6.07, 6.45) is 0. The lowest BCUT2D eigenvalue weighted by Crippen LogP contribution is -2.24. The summed E-state index contributed by atoms with van der Waals surface area (Å²) in [7, 11) is 0. The Bertz CT molecular complexity index is 966. The van der Waals surface area contributed by atoms with E-state index in [0.29, 0.717) is 5.82 Å². The van der Waals surface area contributed by atoms with Gasteiger partial charge in [-0.2, -0.15) is 16.1 Å². The highest BCUT2D eigenvalue weighted by Gasteiger charge is 2.15. The molecule has 0 radical (unpaired) electrons. The van der Waals surface area contributed by atoms with Crippen LogP contribution >= 0.6 is 11.3 Å². The fourth-order valence-corrected chi connectivity index (χ4v) is 3.28. The van der Waals surface area contributed by atoms with Crippen LogP contribution in [0.4, 0.5) is 5.69 Å². The smallest absolute Gasteiger partial charge is 0.330 e. The summed E-state index contributed by atoms with van der Waals surface area (Å²) in [6, 6.07) is 7.72. The van der Waals surface area contributed by atoms with Crippen LogP contribution in [-0.4, -0.2) is 38.7 Å². The van der Waals surface area contributed by atoms with Gasteiger partial charge in [0.25, 0.3) is 5.91 Å². The molecule has 2 heterocycles. The standard InChI is InChI=1S/C19H21N5O3S/c1-12(2)15-6-4-5-13(3)18(15)20-16(25)10-27-17(26)9-24-22-19(21-23-24)14-7-8-28-11-14/h4-8,11-12H,9-10H2,1-3H3,(H,20,25). The number of ether oxygens (including phenoxy) is 1. The number of carbonyl (C=O) groups is 2. The molecular weight excluding hydrogens is 378 g/mol. The molecular formula is C19H21N5O3S. The second-order valence-electron chi connectivity index (χ2n) is 6.56. The molecule has 0 unspecified atom stereocenters. The Labute approximate surface area is 166 Å². The summed E-state index contributed by atoms with van der Waals surface area (Å²) in [5, 5.41) is 18.5. The molecule has 2 aromatic heterocycles. The highest BCUT2D eigenvalue weighted by atomic mass is 32.1. The molecule has 1 N–H and O–H groups in total. The normalized spacial score (nSPS) is 10.9. The minimum absolute atomic E-state index is 0.216. The summed E-state index contributed by atoms with van der Waals surface area (Å²) in [5.74, 6) is -0.311. The molecule has 0 aliphatic heterocycles. The predicted molar refractivity (Wildman–Crippen MR) is 106 cm³/mol. The highest BCUT2D eigenvalue weighted by molar-refractivity contribution is 7.08. The maximum absolute atomic E-state index is 12.2. The van der Waals surface area contributed by atoms with Gasteiger partial charge in [0.2, 0.25) is 5.82 Å². The Morgan fingerprint density at radius 3 is 2.82 bits per heavy atom. The van der Waals surface area contributed by atoms with Crippen LogP contribution in [0.15, 0.2) is 35.0 Å².